The average Bonchev–Trinajstić information content (AvgIpc) is 2.61. The van der Waals surface area contributed by atoms with E-state index in [0.29, 0.717) is 6.61 Å². The topological polar surface area (TPSA) is 78.9 Å². The molecular weight excluding hydrogens is 324 g/mol. The van der Waals surface area contributed by atoms with Crippen LogP contribution in [0.15, 0.2) is 24.8 Å². The highest BCUT2D eigenvalue weighted by molar-refractivity contribution is 5.91. The summed E-state index contributed by atoms with van der Waals surface area (Å²) in [6.45, 7) is 5.63. The molecule has 0 bridgehead atoms. The summed E-state index contributed by atoms with van der Waals surface area (Å²) >= 11 is 0. The molecule has 0 aromatic rings. The molecule has 0 fully saturated rings. The number of rotatable bonds is 15. The lowest BCUT2D eigenvalue weighted by atomic mass is 10.1. The van der Waals surface area contributed by atoms with E-state index in [-0.39, 0.29) is 13.2 Å². The fourth-order valence-corrected chi connectivity index (χ4v) is 1.98. The van der Waals surface area contributed by atoms with Crippen molar-refractivity contribution in [3.63, 3.8) is 0 Å². The van der Waals surface area contributed by atoms with Gasteiger partial charge < -0.3 is 14.2 Å². The first-order valence-corrected chi connectivity index (χ1v) is 8.91. The molecule has 0 radical (unpaired) electrons. The number of carbonyl (C=O) groups excluding carboxylic acids is 3. The second kappa shape index (κ2) is 16.7. The Hall–Kier alpha value is -2.11. The Kier molecular flexibility index (Phi) is 15.3. The van der Waals surface area contributed by atoms with E-state index >= 15 is 0 Å². The number of hydrogen-bond acceptors (Lipinski definition) is 6. The predicted octanol–water partition coefficient (Wildman–Crippen LogP) is 3.50. The summed E-state index contributed by atoms with van der Waals surface area (Å²) in [4.78, 5) is 33.5. The second-order valence-corrected chi connectivity index (χ2v) is 5.51. The van der Waals surface area contributed by atoms with Gasteiger partial charge in [0.15, 0.2) is 0 Å². The van der Waals surface area contributed by atoms with E-state index in [2.05, 4.69) is 18.2 Å². The first-order valence-electron chi connectivity index (χ1n) is 8.91. The molecule has 0 aliphatic heterocycles. The van der Waals surface area contributed by atoms with E-state index in [1.807, 2.05) is 0 Å². The van der Waals surface area contributed by atoms with Gasteiger partial charge in [-0.05, 0) is 6.42 Å². The van der Waals surface area contributed by atoms with Crippen molar-refractivity contribution in [1.29, 1.82) is 0 Å². The summed E-state index contributed by atoms with van der Waals surface area (Å²) in [5.41, 5.74) is 0. The third-order valence-electron chi connectivity index (χ3n) is 3.34. The van der Waals surface area contributed by atoms with Crippen LogP contribution in [0.1, 0.15) is 58.3 Å². The molecule has 6 heteroatoms. The largest absolute Gasteiger partial charge is 0.463 e. The molecule has 0 aliphatic carbocycles. The number of hydrogen-bond donors (Lipinski definition) is 0. The highest BCUT2D eigenvalue weighted by Crippen LogP contribution is 2.08. The molecule has 0 amide bonds. The second-order valence-electron chi connectivity index (χ2n) is 5.51. The van der Waals surface area contributed by atoms with Crippen molar-refractivity contribution in [3.05, 3.63) is 24.8 Å². The van der Waals surface area contributed by atoms with Crippen molar-refractivity contribution in [2.75, 3.05) is 19.8 Å². The quantitative estimate of drug-likeness (QED) is 0.194. The molecule has 6 nitrogen and oxygen atoms in total. The lowest BCUT2D eigenvalue weighted by molar-refractivity contribution is -0.146. The smallest absolute Gasteiger partial charge is 0.331 e. The number of esters is 3. The van der Waals surface area contributed by atoms with Gasteiger partial charge in [0.05, 0.1) is 6.61 Å². The Morgan fingerprint density at radius 1 is 0.680 bits per heavy atom. The third-order valence-corrected chi connectivity index (χ3v) is 3.34. The number of unbranched alkanes of at least 4 members (excludes halogenated alkanes) is 7. The lowest BCUT2D eigenvalue weighted by Gasteiger charge is -2.03. The zero-order chi connectivity index (χ0) is 18.8. The number of ether oxygens (including phenoxy) is 3. The van der Waals surface area contributed by atoms with Crippen LogP contribution in [0.2, 0.25) is 0 Å². The van der Waals surface area contributed by atoms with Gasteiger partial charge in [-0.3, -0.25) is 0 Å². The van der Waals surface area contributed by atoms with Gasteiger partial charge in [-0.1, -0.05) is 58.4 Å². The van der Waals surface area contributed by atoms with Crippen molar-refractivity contribution >= 4 is 17.9 Å². The van der Waals surface area contributed by atoms with Gasteiger partial charge in [-0.15, -0.1) is 0 Å². The monoisotopic (exact) mass is 354 g/mol. The fourth-order valence-electron chi connectivity index (χ4n) is 1.98. The first-order chi connectivity index (χ1) is 12.1. The van der Waals surface area contributed by atoms with Gasteiger partial charge in [0, 0.05) is 18.2 Å². The number of carbonyl (C=O) groups is 3. The Labute approximate surface area is 150 Å². The predicted molar refractivity (Wildman–Crippen MR) is 94.8 cm³/mol. The highest BCUT2D eigenvalue weighted by Gasteiger charge is 2.02. The van der Waals surface area contributed by atoms with E-state index in [1.54, 1.807) is 0 Å². The summed E-state index contributed by atoms with van der Waals surface area (Å²) in [6.07, 6.45) is 12.4. The van der Waals surface area contributed by atoms with Crippen LogP contribution in [-0.2, 0) is 28.6 Å². The molecule has 0 unspecified atom stereocenters. The highest BCUT2D eigenvalue weighted by atomic mass is 16.6. The summed E-state index contributed by atoms with van der Waals surface area (Å²) in [7, 11) is 0. The van der Waals surface area contributed by atoms with Crippen molar-refractivity contribution in [2.45, 2.75) is 58.3 Å². The SMILES string of the molecule is C=CC(=O)OCCOC(=O)/C=C/C(=O)OCCCCCCCCCC. The van der Waals surface area contributed by atoms with E-state index in [9.17, 15) is 14.4 Å². The zero-order valence-electron chi connectivity index (χ0n) is 15.2. The Morgan fingerprint density at radius 3 is 1.64 bits per heavy atom. The first kappa shape index (κ1) is 22.9. The van der Waals surface area contributed by atoms with Crippen LogP contribution in [0.4, 0.5) is 0 Å². The molecule has 0 aromatic heterocycles. The van der Waals surface area contributed by atoms with Gasteiger partial charge in [0.1, 0.15) is 13.2 Å². The van der Waals surface area contributed by atoms with Crippen LogP contribution in [0.3, 0.4) is 0 Å². The Balaban J connectivity index is 3.54. The van der Waals surface area contributed by atoms with Gasteiger partial charge in [-0.2, -0.15) is 0 Å². The molecule has 0 spiro atoms. The molecule has 0 atom stereocenters. The minimum absolute atomic E-state index is 0.0622. The maximum atomic E-state index is 11.4. The van der Waals surface area contributed by atoms with E-state index in [0.717, 1.165) is 37.5 Å². The van der Waals surface area contributed by atoms with Crippen molar-refractivity contribution in [2.24, 2.45) is 0 Å². The lowest BCUT2D eigenvalue weighted by Crippen LogP contribution is -2.11. The molecule has 0 rings (SSSR count). The summed E-state index contributed by atoms with van der Waals surface area (Å²) in [5.74, 6) is -1.85. The van der Waals surface area contributed by atoms with Gasteiger partial charge in [-0.25, -0.2) is 14.4 Å². The molecule has 0 saturated carbocycles. The molecule has 142 valence electrons. The molecule has 0 N–H and O–H groups in total. The Morgan fingerprint density at radius 2 is 1.12 bits per heavy atom. The molecule has 0 heterocycles. The molecular formula is C19H30O6. The van der Waals surface area contributed by atoms with E-state index < -0.39 is 17.9 Å². The minimum Gasteiger partial charge on any atom is -0.463 e. The maximum Gasteiger partial charge on any atom is 0.331 e. The average molecular weight is 354 g/mol. The van der Waals surface area contributed by atoms with Crippen LogP contribution in [-0.4, -0.2) is 37.7 Å². The summed E-state index contributed by atoms with van der Waals surface area (Å²) < 4.78 is 14.4. The summed E-state index contributed by atoms with van der Waals surface area (Å²) in [6, 6.07) is 0. The van der Waals surface area contributed by atoms with E-state index in [1.165, 1.54) is 32.1 Å². The minimum atomic E-state index is -0.696. The van der Waals surface area contributed by atoms with Crippen molar-refractivity contribution in [3.8, 4) is 0 Å². The van der Waals surface area contributed by atoms with Gasteiger partial charge >= 0.3 is 17.9 Å². The van der Waals surface area contributed by atoms with Crippen LogP contribution in [0.5, 0.6) is 0 Å². The summed E-state index contributed by atoms with van der Waals surface area (Å²) in [5, 5.41) is 0. The molecule has 0 aliphatic rings. The molecule has 25 heavy (non-hydrogen) atoms. The third kappa shape index (κ3) is 16.5. The molecule has 0 aromatic carbocycles. The van der Waals surface area contributed by atoms with Crippen LogP contribution >= 0.6 is 0 Å². The van der Waals surface area contributed by atoms with Gasteiger partial charge in [0.2, 0.25) is 0 Å². The van der Waals surface area contributed by atoms with Crippen molar-refractivity contribution < 1.29 is 28.6 Å². The standard InChI is InChI=1S/C19H30O6/c1-3-5-6-7-8-9-10-11-14-23-18(21)12-13-19(22)25-16-15-24-17(20)4-2/h4,12-13H,2-3,5-11,14-16H2,1H3/b13-12+. The fraction of sp³-hybridized carbons (Fsp3) is 0.632. The normalized spacial score (nSPS) is 10.4. The zero-order valence-corrected chi connectivity index (χ0v) is 15.2. The maximum absolute atomic E-state index is 11.4. The van der Waals surface area contributed by atoms with Crippen molar-refractivity contribution in [1.82, 2.24) is 0 Å². The van der Waals surface area contributed by atoms with E-state index in [4.69, 9.17) is 9.47 Å². The van der Waals surface area contributed by atoms with Crippen LogP contribution in [0.25, 0.3) is 0 Å². The van der Waals surface area contributed by atoms with Crippen LogP contribution in [0, 0.1) is 0 Å². The Bertz CT molecular complexity index is 428. The van der Waals surface area contributed by atoms with Crippen LogP contribution < -0.4 is 0 Å². The molecule has 0 saturated heterocycles. The van der Waals surface area contributed by atoms with Gasteiger partial charge in [0.25, 0.3) is 0 Å².